The van der Waals surface area contributed by atoms with Crippen molar-refractivity contribution in [2.24, 2.45) is 0 Å². The van der Waals surface area contributed by atoms with Crippen LogP contribution >= 0.6 is 11.3 Å². The average molecular weight is 395 g/mol. The number of pyridine rings is 1. The van der Waals surface area contributed by atoms with Crippen LogP contribution in [-0.4, -0.2) is 23.6 Å². The number of nitrogens with one attached hydrogen (secondary N) is 2. The Morgan fingerprint density at radius 2 is 1.86 bits per heavy atom. The first-order valence-corrected chi connectivity index (χ1v) is 9.85. The third-order valence-electron chi connectivity index (χ3n) is 4.09. The molecule has 0 bridgehead atoms. The molecule has 0 spiro atoms. The number of nitrogens with zero attached hydrogens (tertiary/aromatic N) is 1. The molecular formula is C21H21N3O3S. The third kappa shape index (κ3) is 5.17. The molecule has 0 aliphatic carbocycles. The maximum atomic E-state index is 12.1. The van der Waals surface area contributed by atoms with E-state index < -0.39 is 0 Å². The SMILES string of the molecule is CCOC(=O)c1ccc(CNC(=O)NCc2cnccc2-c2ccsc2)cc1. The Kier molecular flexibility index (Phi) is 6.75. The van der Waals surface area contributed by atoms with Gasteiger partial charge >= 0.3 is 12.0 Å². The lowest BCUT2D eigenvalue weighted by Gasteiger charge is -2.11. The van der Waals surface area contributed by atoms with Gasteiger partial charge in [0.1, 0.15) is 0 Å². The van der Waals surface area contributed by atoms with Crippen molar-refractivity contribution in [1.82, 2.24) is 15.6 Å². The molecule has 28 heavy (non-hydrogen) atoms. The fraction of sp³-hybridized carbons (Fsp3) is 0.190. The minimum absolute atomic E-state index is 0.269. The lowest BCUT2D eigenvalue weighted by Crippen LogP contribution is -2.34. The Hall–Kier alpha value is -3.19. The first kappa shape index (κ1) is 19.6. The molecule has 0 atom stereocenters. The maximum absolute atomic E-state index is 12.1. The van der Waals surface area contributed by atoms with Crippen molar-refractivity contribution in [3.05, 3.63) is 76.2 Å². The van der Waals surface area contributed by atoms with E-state index in [1.54, 1.807) is 54.9 Å². The van der Waals surface area contributed by atoms with Gasteiger partial charge in [-0.1, -0.05) is 12.1 Å². The van der Waals surface area contributed by atoms with Crippen LogP contribution in [-0.2, 0) is 17.8 Å². The summed E-state index contributed by atoms with van der Waals surface area (Å²) in [6.07, 6.45) is 3.51. The van der Waals surface area contributed by atoms with Gasteiger partial charge in [0.15, 0.2) is 0 Å². The van der Waals surface area contributed by atoms with Crippen LogP contribution in [0.25, 0.3) is 11.1 Å². The molecule has 7 heteroatoms. The second-order valence-electron chi connectivity index (χ2n) is 6.00. The number of hydrogen-bond acceptors (Lipinski definition) is 5. The number of carbonyl (C=O) groups is 2. The number of benzene rings is 1. The Morgan fingerprint density at radius 3 is 2.57 bits per heavy atom. The highest BCUT2D eigenvalue weighted by atomic mass is 32.1. The number of rotatable bonds is 7. The molecular weight excluding hydrogens is 374 g/mol. The molecule has 3 rings (SSSR count). The van der Waals surface area contributed by atoms with E-state index in [1.807, 2.05) is 17.5 Å². The number of urea groups is 1. The van der Waals surface area contributed by atoms with Crippen molar-refractivity contribution >= 4 is 23.3 Å². The van der Waals surface area contributed by atoms with Crippen LogP contribution in [0.1, 0.15) is 28.4 Å². The summed E-state index contributed by atoms with van der Waals surface area (Å²) >= 11 is 1.63. The van der Waals surface area contributed by atoms with Gasteiger partial charge in [0.25, 0.3) is 0 Å². The van der Waals surface area contributed by atoms with Crippen LogP contribution in [0.2, 0.25) is 0 Å². The van der Waals surface area contributed by atoms with Gasteiger partial charge in [-0.05, 0) is 64.2 Å². The van der Waals surface area contributed by atoms with Crippen molar-refractivity contribution in [2.45, 2.75) is 20.0 Å². The molecule has 0 saturated heterocycles. The zero-order valence-electron chi connectivity index (χ0n) is 15.5. The summed E-state index contributed by atoms with van der Waals surface area (Å²) in [4.78, 5) is 27.9. The molecule has 0 aliphatic rings. The highest BCUT2D eigenvalue weighted by Crippen LogP contribution is 2.25. The quantitative estimate of drug-likeness (QED) is 0.593. The zero-order valence-corrected chi connectivity index (χ0v) is 16.3. The van der Waals surface area contributed by atoms with Crippen LogP contribution in [0.15, 0.2) is 59.6 Å². The lowest BCUT2D eigenvalue weighted by atomic mass is 10.1. The summed E-state index contributed by atoms with van der Waals surface area (Å²) in [5.41, 5.74) is 4.52. The Balaban J connectivity index is 1.51. The normalized spacial score (nSPS) is 10.3. The zero-order chi connectivity index (χ0) is 19.8. The molecule has 2 amide bonds. The summed E-state index contributed by atoms with van der Waals surface area (Å²) in [7, 11) is 0. The van der Waals surface area contributed by atoms with E-state index >= 15 is 0 Å². The molecule has 0 radical (unpaired) electrons. The summed E-state index contributed by atoms with van der Waals surface area (Å²) < 4.78 is 4.95. The third-order valence-corrected chi connectivity index (χ3v) is 4.78. The first-order valence-electron chi connectivity index (χ1n) is 8.90. The molecule has 0 aliphatic heterocycles. The molecule has 2 heterocycles. The summed E-state index contributed by atoms with van der Waals surface area (Å²) in [5.74, 6) is -0.349. The maximum Gasteiger partial charge on any atom is 0.338 e. The van der Waals surface area contributed by atoms with Gasteiger partial charge in [-0.15, -0.1) is 0 Å². The van der Waals surface area contributed by atoms with Crippen molar-refractivity contribution in [3.8, 4) is 11.1 Å². The van der Waals surface area contributed by atoms with E-state index in [2.05, 4.69) is 21.0 Å². The fourth-order valence-corrected chi connectivity index (χ4v) is 3.32. The topological polar surface area (TPSA) is 80.3 Å². The number of amides is 2. The van der Waals surface area contributed by atoms with Crippen molar-refractivity contribution in [1.29, 1.82) is 0 Å². The molecule has 0 unspecified atom stereocenters. The number of aromatic nitrogens is 1. The van der Waals surface area contributed by atoms with E-state index in [0.29, 0.717) is 25.3 Å². The molecule has 3 aromatic rings. The van der Waals surface area contributed by atoms with Crippen LogP contribution in [0.5, 0.6) is 0 Å². The predicted octanol–water partition coefficient (Wildman–Crippen LogP) is 3.99. The van der Waals surface area contributed by atoms with Crippen LogP contribution < -0.4 is 10.6 Å². The van der Waals surface area contributed by atoms with Crippen molar-refractivity contribution < 1.29 is 14.3 Å². The summed E-state index contributed by atoms with van der Waals surface area (Å²) in [5, 5.41) is 9.76. The van der Waals surface area contributed by atoms with E-state index in [0.717, 1.165) is 22.3 Å². The summed E-state index contributed by atoms with van der Waals surface area (Å²) in [6.45, 7) is 2.85. The fourth-order valence-electron chi connectivity index (χ4n) is 2.66. The van der Waals surface area contributed by atoms with E-state index in [4.69, 9.17) is 4.74 Å². The van der Waals surface area contributed by atoms with E-state index in [1.165, 1.54) is 0 Å². The largest absolute Gasteiger partial charge is 0.462 e. The first-order chi connectivity index (χ1) is 13.7. The number of hydrogen-bond donors (Lipinski definition) is 2. The minimum Gasteiger partial charge on any atom is -0.462 e. The lowest BCUT2D eigenvalue weighted by molar-refractivity contribution is 0.0526. The average Bonchev–Trinajstić information content (AvgIpc) is 3.26. The molecule has 2 N–H and O–H groups in total. The molecule has 2 aromatic heterocycles. The minimum atomic E-state index is -0.349. The van der Waals surface area contributed by atoms with Crippen molar-refractivity contribution in [2.75, 3.05) is 6.61 Å². The molecule has 6 nitrogen and oxygen atoms in total. The Morgan fingerprint density at radius 1 is 1.07 bits per heavy atom. The van der Waals surface area contributed by atoms with Gasteiger partial charge in [-0.25, -0.2) is 9.59 Å². The van der Waals surface area contributed by atoms with Crippen LogP contribution in [0.4, 0.5) is 4.79 Å². The Bertz CT molecular complexity index is 924. The van der Waals surface area contributed by atoms with Crippen LogP contribution in [0.3, 0.4) is 0 Å². The van der Waals surface area contributed by atoms with Crippen molar-refractivity contribution in [3.63, 3.8) is 0 Å². The number of thiophene rings is 1. The van der Waals surface area contributed by atoms with Gasteiger partial charge in [0.2, 0.25) is 0 Å². The predicted molar refractivity (Wildman–Crippen MR) is 109 cm³/mol. The highest BCUT2D eigenvalue weighted by Gasteiger charge is 2.08. The Labute approximate surface area is 167 Å². The van der Waals surface area contributed by atoms with Crippen LogP contribution in [0, 0.1) is 0 Å². The van der Waals surface area contributed by atoms with E-state index in [-0.39, 0.29) is 12.0 Å². The molecule has 144 valence electrons. The van der Waals surface area contributed by atoms with Gasteiger partial charge in [-0.2, -0.15) is 11.3 Å². The second kappa shape index (κ2) is 9.66. The van der Waals surface area contributed by atoms with Gasteiger partial charge in [0.05, 0.1) is 12.2 Å². The molecule has 0 saturated carbocycles. The van der Waals surface area contributed by atoms with E-state index in [9.17, 15) is 9.59 Å². The second-order valence-corrected chi connectivity index (χ2v) is 6.78. The van der Waals surface area contributed by atoms with Gasteiger partial charge < -0.3 is 15.4 Å². The molecule has 1 aromatic carbocycles. The monoisotopic (exact) mass is 395 g/mol. The smallest absolute Gasteiger partial charge is 0.338 e. The highest BCUT2D eigenvalue weighted by molar-refractivity contribution is 7.08. The number of esters is 1. The summed E-state index contributed by atoms with van der Waals surface area (Å²) in [6, 6.07) is 10.7. The number of carbonyl (C=O) groups excluding carboxylic acids is 2. The van der Waals surface area contributed by atoms with Gasteiger partial charge in [-0.3, -0.25) is 4.98 Å². The molecule has 0 fully saturated rings. The standard InChI is InChI=1S/C21H21N3O3S/c1-2-27-20(25)16-5-3-15(4-6-16)11-23-21(26)24-13-18-12-22-9-7-19(18)17-8-10-28-14-17/h3-10,12,14H,2,11,13H2,1H3,(H2,23,24,26). The number of ether oxygens (including phenoxy) is 1. The van der Waals surface area contributed by atoms with Gasteiger partial charge in [0, 0.05) is 25.5 Å².